The number of hydrogen-bond donors (Lipinski definition) is 2. The molecule has 0 saturated carbocycles. The molecule has 0 heterocycles. The minimum Gasteiger partial charge on any atom is -0.398 e. The molecule has 3 N–H and O–H groups in total. The van der Waals surface area contributed by atoms with Crippen LogP contribution in [0.3, 0.4) is 0 Å². The molecule has 0 aliphatic rings. The van der Waals surface area contributed by atoms with E-state index in [9.17, 15) is 0 Å². The highest BCUT2D eigenvalue weighted by atomic mass is 14.9. The maximum Gasteiger partial charge on any atom is 0.0395 e. The van der Waals surface area contributed by atoms with Crippen molar-refractivity contribution in [1.29, 1.82) is 0 Å². The van der Waals surface area contributed by atoms with Crippen LogP contribution in [-0.2, 0) is 0 Å². The lowest BCUT2D eigenvalue weighted by molar-refractivity contribution is 1.34. The Balaban J connectivity index is 2.36. The summed E-state index contributed by atoms with van der Waals surface area (Å²) in [5, 5.41) is 3.26. The van der Waals surface area contributed by atoms with Crippen molar-refractivity contribution < 1.29 is 0 Å². The van der Waals surface area contributed by atoms with E-state index in [-0.39, 0.29) is 0 Å². The lowest BCUT2D eigenvalue weighted by Gasteiger charge is -2.09. The molecule has 17 heavy (non-hydrogen) atoms. The van der Waals surface area contributed by atoms with E-state index in [1.165, 1.54) is 0 Å². The first kappa shape index (κ1) is 11.3. The quantitative estimate of drug-likeness (QED) is 0.616. The van der Waals surface area contributed by atoms with Gasteiger partial charge in [-0.2, -0.15) is 0 Å². The smallest absolute Gasteiger partial charge is 0.0395 e. The van der Waals surface area contributed by atoms with Gasteiger partial charge in [0.05, 0.1) is 0 Å². The maximum absolute atomic E-state index is 6.00. The topological polar surface area (TPSA) is 38.0 Å². The van der Waals surface area contributed by atoms with E-state index >= 15 is 0 Å². The third kappa shape index (κ3) is 2.67. The number of hydrogen-bond acceptors (Lipinski definition) is 2. The summed E-state index contributed by atoms with van der Waals surface area (Å²) in [7, 11) is 0. The second kappa shape index (κ2) is 5.21. The molecule has 2 aromatic carbocycles. The molecular formula is C15H16N2. The normalized spacial score (nSPS) is 9.88. The Hall–Kier alpha value is -2.22. The van der Waals surface area contributed by atoms with Gasteiger partial charge in [0.25, 0.3) is 0 Å². The van der Waals surface area contributed by atoms with Crippen molar-refractivity contribution in [3.8, 4) is 11.1 Å². The Morgan fingerprint density at radius 2 is 1.88 bits per heavy atom. The minimum absolute atomic E-state index is 0.748. The summed E-state index contributed by atoms with van der Waals surface area (Å²) in [6.45, 7) is 4.43. The van der Waals surface area contributed by atoms with Gasteiger partial charge >= 0.3 is 0 Å². The SMILES string of the molecule is C=CCNc1ccc(N)c(-c2ccccc2)c1. The molecule has 0 fully saturated rings. The van der Waals surface area contributed by atoms with Crippen molar-refractivity contribution in [3.63, 3.8) is 0 Å². The molecule has 0 spiro atoms. The van der Waals surface area contributed by atoms with E-state index in [4.69, 9.17) is 5.73 Å². The van der Waals surface area contributed by atoms with Crippen LogP contribution in [0.5, 0.6) is 0 Å². The molecular weight excluding hydrogens is 208 g/mol. The molecule has 2 nitrogen and oxygen atoms in total. The maximum atomic E-state index is 6.00. The van der Waals surface area contributed by atoms with Gasteiger partial charge in [0, 0.05) is 23.5 Å². The fourth-order valence-electron chi connectivity index (χ4n) is 1.72. The number of anilines is 2. The second-order valence-corrected chi connectivity index (χ2v) is 3.84. The van der Waals surface area contributed by atoms with Crippen LogP contribution in [0.15, 0.2) is 61.2 Å². The monoisotopic (exact) mass is 224 g/mol. The highest BCUT2D eigenvalue weighted by Gasteiger charge is 2.02. The first-order valence-electron chi connectivity index (χ1n) is 5.61. The minimum atomic E-state index is 0.748. The second-order valence-electron chi connectivity index (χ2n) is 3.84. The zero-order valence-electron chi connectivity index (χ0n) is 9.69. The Morgan fingerprint density at radius 3 is 2.59 bits per heavy atom. The summed E-state index contributed by atoms with van der Waals surface area (Å²) in [4.78, 5) is 0. The fourth-order valence-corrected chi connectivity index (χ4v) is 1.72. The molecule has 0 amide bonds. The number of nitrogens with one attached hydrogen (secondary N) is 1. The lowest BCUT2D eigenvalue weighted by atomic mass is 10.0. The van der Waals surface area contributed by atoms with Gasteiger partial charge in [0.2, 0.25) is 0 Å². The molecule has 0 aliphatic carbocycles. The lowest BCUT2D eigenvalue weighted by Crippen LogP contribution is -1.99. The zero-order valence-corrected chi connectivity index (χ0v) is 9.69. The van der Waals surface area contributed by atoms with Crippen molar-refractivity contribution in [3.05, 3.63) is 61.2 Å². The largest absolute Gasteiger partial charge is 0.398 e. The van der Waals surface area contributed by atoms with E-state index in [1.54, 1.807) is 0 Å². The van der Waals surface area contributed by atoms with Gasteiger partial charge < -0.3 is 11.1 Å². The molecule has 0 unspecified atom stereocenters. The van der Waals surface area contributed by atoms with Crippen LogP contribution in [0.4, 0.5) is 11.4 Å². The molecule has 0 bridgehead atoms. The number of nitrogen functional groups attached to an aromatic ring is 1. The van der Waals surface area contributed by atoms with Gasteiger partial charge in [-0.1, -0.05) is 36.4 Å². The zero-order chi connectivity index (χ0) is 12.1. The highest BCUT2D eigenvalue weighted by Crippen LogP contribution is 2.28. The van der Waals surface area contributed by atoms with Crippen LogP contribution < -0.4 is 11.1 Å². The third-order valence-electron chi connectivity index (χ3n) is 2.59. The molecule has 0 aliphatic heterocycles. The summed E-state index contributed by atoms with van der Waals surface area (Å²) in [6.07, 6.45) is 1.83. The van der Waals surface area contributed by atoms with Gasteiger partial charge in [-0.15, -0.1) is 6.58 Å². The highest BCUT2D eigenvalue weighted by molar-refractivity contribution is 5.79. The Labute approximate surface area is 102 Å². The Bertz CT molecular complexity index is 504. The number of benzene rings is 2. The summed E-state index contributed by atoms with van der Waals surface area (Å²) >= 11 is 0. The van der Waals surface area contributed by atoms with Crippen molar-refractivity contribution in [2.45, 2.75) is 0 Å². The molecule has 86 valence electrons. The van der Waals surface area contributed by atoms with Gasteiger partial charge in [0.1, 0.15) is 0 Å². The Kier molecular flexibility index (Phi) is 3.46. The van der Waals surface area contributed by atoms with Crippen molar-refractivity contribution >= 4 is 11.4 Å². The van der Waals surface area contributed by atoms with Crippen molar-refractivity contribution in [1.82, 2.24) is 0 Å². The van der Waals surface area contributed by atoms with Gasteiger partial charge in [0.15, 0.2) is 0 Å². The number of nitrogens with two attached hydrogens (primary N) is 1. The fraction of sp³-hybridized carbons (Fsp3) is 0.0667. The van der Waals surface area contributed by atoms with Crippen molar-refractivity contribution in [2.24, 2.45) is 0 Å². The van der Waals surface area contributed by atoms with E-state index in [0.29, 0.717) is 0 Å². The first-order chi connectivity index (χ1) is 8.31. The van der Waals surface area contributed by atoms with E-state index in [0.717, 1.165) is 29.0 Å². The van der Waals surface area contributed by atoms with E-state index in [1.807, 2.05) is 36.4 Å². The Morgan fingerprint density at radius 1 is 1.12 bits per heavy atom. The molecule has 0 saturated heterocycles. The van der Waals surface area contributed by atoms with Crippen LogP contribution >= 0.6 is 0 Å². The van der Waals surface area contributed by atoms with Crippen LogP contribution in [0.2, 0.25) is 0 Å². The van der Waals surface area contributed by atoms with Crippen LogP contribution in [0.1, 0.15) is 0 Å². The average Bonchev–Trinajstić information content (AvgIpc) is 2.39. The molecule has 0 aromatic heterocycles. The van der Waals surface area contributed by atoms with Gasteiger partial charge in [-0.3, -0.25) is 0 Å². The molecule has 0 radical (unpaired) electrons. The summed E-state index contributed by atoms with van der Waals surface area (Å²) < 4.78 is 0. The summed E-state index contributed by atoms with van der Waals surface area (Å²) in [6, 6.07) is 16.1. The van der Waals surface area contributed by atoms with Crippen LogP contribution in [0, 0.1) is 0 Å². The molecule has 2 heteroatoms. The number of rotatable bonds is 4. The summed E-state index contributed by atoms with van der Waals surface area (Å²) in [5.41, 5.74) is 10.0. The van der Waals surface area contributed by atoms with Crippen LogP contribution in [-0.4, -0.2) is 6.54 Å². The van der Waals surface area contributed by atoms with E-state index < -0.39 is 0 Å². The predicted molar refractivity (Wildman–Crippen MR) is 75.0 cm³/mol. The first-order valence-corrected chi connectivity index (χ1v) is 5.61. The molecule has 2 aromatic rings. The predicted octanol–water partition coefficient (Wildman–Crippen LogP) is 3.53. The van der Waals surface area contributed by atoms with Crippen LogP contribution in [0.25, 0.3) is 11.1 Å². The molecule has 0 atom stereocenters. The van der Waals surface area contributed by atoms with Gasteiger partial charge in [-0.05, 0) is 23.8 Å². The van der Waals surface area contributed by atoms with E-state index in [2.05, 4.69) is 30.1 Å². The third-order valence-corrected chi connectivity index (χ3v) is 2.59. The standard InChI is InChI=1S/C15H16N2/c1-2-10-17-13-8-9-15(16)14(11-13)12-6-4-3-5-7-12/h2-9,11,17H,1,10,16H2. The molecule has 2 rings (SSSR count). The average molecular weight is 224 g/mol. The van der Waals surface area contributed by atoms with Crippen molar-refractivity contribution in [2.75, 3.05) is 17.6 Å². The van der Waals surface area contributed by atoms with Gasteiger partial charge in [-0.25, -0.2) is 0 Å². The summed E-state index contributed by atoms with van der Waals surface area (Å²) in [5.74, 6) is 0.